The van der Waals surface area contributed by atoms with Crippen molar-refractivity contribution < 1.29 is 14.3 Å². The number of para-hydroxylation sites is 1. The lowest BCUT2D eigenvalue weighted by Gasteiger charge is -2.13. The van der Waals surface area contributed by atoms with Crippen LogP contribution in [0.25, 0.3) is 21.5 Å². The van der Waals surface area contributed by atoms with Gasteiger partial charge in [-0.1, -0.05) is 35.9 Å². The van der Waals surface area contributed by atoms with Gasteiger partial charge >= 0.3 is 0 Å². The highest BCUT2D eigenvalue weighted by atomic mass is 35.5. The maximum absolute atomic E-state index is 13.1. The Morgan fingerprint density at radius 2 is 1.79 bits per heavy atom. The second kappa shape index (κ2) is 10.7. The fourth-order valence-corrected chi connectivity index (χ4v) is 4.61. The molecule has 0 atom stereocenters. The average Bonchev–Trinajstić information content (AvgIpc) is 3.26. The van der Waals surface area contributed by atoms with Crippen LogP contribution in [0.3, 0.4) is 0 Å². The van der Waals surface area contributed by atoms with E-state index in [4.69, 9.17) is 26.1 Å². The molecule has 170 valence electrons. The molecule has 2 aromatic carbocycles. The molecular weight excluding hydrogens is 456 g/mol. The first-order valence-electron chi connectivity index (χ1n) is 10.9. The zero-order valence-corrected chi connectivity index (χ0v) is 20.1. The molecule has 0 fully saturated rings. The molecule has 4 rings (SSSR count). The number of carbonyl (C=O) groups is 1. The smallest absolute Gasteiger partial charge is 0.252 e. The topological polar surface area (TPSA) is 60.5 Å². The van der Waals surface area contributed by atoms with E-state index in [1.54, 1.807) is 0 Å². The van der Waals surface area contributed by atoms with Crippen molar-refractivity contribution in [3.8, 4) is 22.1 Å². The molecule has 0 unspecified atom stereocenters. The fourth-order valence-electron chi connectivity index (χ4n) is 3.61. The summed E-state index contributed by atoms with van der Waals surface area (Å²) >= 11 is 7.55. The lowest BCUT2D eigenvalue weighted by molar-refractivity contribution is 0.0955. The highest BCUT2D eigenvalue weighted by Gasteiger charge is 2.15. The summed E-state index contributed by atoms with van der Waals surface area (Å²) in [5, 5.41) is 3.87. The lowest BCUT2D eigenvalue weighted by Crippen LogP contribution is -2.26. The Labute approximate surface area is 202 Å². The molecule has 2 aromatic heterocycles. The predicted molar refractivity (Wildman–Crippen MR) is 135 cm³/mol. The van der Waals surface area contributed by atoms with Gasteiger partial charge in [0.2, 0.25) is 0 Å². The number of benzene rings is 2. The van der Waals surface area contributed by atoms with Crippen molar-refractivity contribution >= 4 is 39.7 Å². The number of nitrogens with zero attached hydrogens (tertiary/aromatic N) is 1. The Balaban J connectivity index is 1.52. The molecule has 0 aliphatic carbocycles. The molecule has 4 aromatic rings. The molecule has 0 aliphatic heterocycles. The Morgan fingerprint density at radius 3 is 2.55 bits per heavy atom. The first-order valence-corrected chi connectivity index (χ1v) is 12.1. The molecule has 0 radical (unpaired) electrons. The van der Waals surface area contributed by atoms with Gasteiger partial charge in [-0.25, -0.2) is 4.98 Å². The Kier molecular flexibility index (Phi) is 7.47. The minimum atomic E-state index is -0.131. The van der Waals surface area contributed by atoms with Crippen molar-refractivity contribution in [2.75, 3.05) is 19.8 Å². The van der Waals surface area contributed by atoms with Crippen LogP contribution in [0.5, 0.6) is 11.5 Å². The van der Waals surface area contributed by atoms with Crippen LogP contribution < -0.4 is 14.8 Å². The number of rotatable bonds is 9. The number of aromatic nitrogens is 1. The molecule has 5 nitrogen and oxygen atoms in total. The third-order valence-electron chi connectivity index (χ3n) is 5.09. The quantitative estimate of drug-likeness (QED) is 0.301. The first-order chi connectivity index (χ1) is 16.1. The summed E-state index contributed by atoms with van der Waals surface area (Å²) < 4.78 is 12.0. The number of fused-ring (bicyclic) bond motifs is 1. The zero-order chi connectivity index (χ0) is 23.2. The van der Waals surface area contributed by atoms with E-state index in [1.807, 2.05) is 74.5 Å². The van der Waals surface area contributed by atoms with Crippen molar-refractivity contribution in [3.05, 3.63) is 76.1 Å². The molecule has 7 heteroatoms. The van der Waals surface area contributed by atoms with Crippen LogP contribution in [-0.4, -0.2) is 30.6 Å². The monoisotopic (exact) mass is 480 g/mol. The lowest BCUT2D eigenvalue weighted by atomic mass is 10.1. The van der Waals surface area contributed by atoms with Gasteiger partial charge in [0, 0.05) is 11.9 Å². The van der Waals surface area contributed by atoms with Crippen molar-refractivity contribution in [2.24, 2.45) is 0 Å². The molecule has 0 saturated carbocycles. The Bertz CT molecular complexity index is 1270. The highest BCUT2D eigenvalue weighted by Crippen LogP contribution is 2.32. The number of thiophene rings is 1. The van der Waals surface area contributed by atoms with Gasteiger partial charge in [0.15, 0.2) is 11.5 Å². The van der Waals surface area contributed by atoms with Crippen LogP contribution in [0.2, 0.25) is 4.34 Å². The first kappa shape index (κ1) is 23.1. The summed E-state index contributed by atoms with van der Waals surface area (Å²) in [4.78, 5) is 18.8. The third kappa shape index (κ3) is 5.46. The number of halogens is 1. The second-order valence-electron chi connectivity index (χ2n) is 7.33. The third-order valence-corrected chi connectivity index (χ3v) is 6.35. The number of hydrogen-bond acceptors (Lipinski definition) is 5. The molecule has 1 amide bonds. The highest BCUT2D eigenvalue weighted by molar-refractivity contribution is 7.19. The summed E-state index contributed by atoms with van der Waals surface area (Å²) in [6.45, 7) is 5.53. The summed E-state index contributed by atoms with van der Waals surface area (Å²) in [5.41, 5.74) is 3.18. The zero-order valence-electron chi connectivity index (χ0n) is 18.6. The number of ether oxygens (including phenoxy) is 2. The van der Waals surface area contributed by atoms with Crippen molar-refractivity contribution in [1.29, 1.82) is 0 Å². The number of nitrogens with one attached hydrogen (secondary N) is 1. The summed E-state index contributed by atoms with van der Waals surface area (Å²) in [6, 6.07) is 19.2. The van der Waals surface area contributed by atoms with Gasteiger partial charge in [-0.15, -0.1) is 11.3 Å². The Hall–Kier alpha value is -3.09. The van der Waals surface area contributed by atoms with E-state index < -0.39 is 0 Å². The van der Waals surface area contributed by atoms with Crippen LogP contribution in [0.15, 0.2) is 60.7 Å². The average molecular weight is 481 g/mol. The van der Waals surface area contributed by atoms with E-state index in [-0.39, 0.29) is 5.91 Å². The van der Waals surface area contributed by atoms with Gasteiger partial charge < -0.3 is 14.8 Å². The van der Waals surface area contributed by atoms with Gasteiger partial charge in [0.1, 0.15) is 0 Å². The standard InChI is InChI=1S/C26H25ClN2O3S/c1-3-31-22-10-9-17(15-23(22)32-4-2)13-14-28-26(30)19-16-21(24-11-12-25(27)33-24)29-20-8-6-5-7-18(19)20/h5-12,15-16H,3-4,13-14H2,1-2H3,(H,28,30). The molecule has 33 heavy (non-hydrogen) atoms. The van der Waals surface area contributed by atoms with Crippen LogP contribution in [0.4, 0.5) is 0 Å². The maximum atomic E-state index is 13.1. The largest absolute Gasteiger partial charge is 0.490 e. The SMILES string of the molecule is CCOc1ccc(CCNC(=O)c2cc(-c3ccc(Cl)s3)nc3ccccc23)cc1OCC. The number of amides is 1. The van der Waals surface area contributed by atoms with E-state index in [2.05, 4.69) is 5.32 Å². The molecule has 0 spiro atoms. The van der Waals surface area contributed by atoms with E-state index >= 15 is 0 Å². The van der Waals surface area contributed by atoms with Gasteiger partial charge in [-0.2, -0.15) is 0 Å². The minimum Gasteiger partial charge on any atom is -0.490 e. The van der Waals surface area contributed by atoms with Crippen molar-refractivity contribution in [2.45, 2.75) is 20.3 Å². The summed E-state index contributed by atoms with van der Waals surface area (Å²) in [5.74, 6) is 1.33. The van der Waals surface area contributed by atoms with Gasteiger partial charge in [-0.3, -0.25) is 4.79 Å². The van der Waals surface area contributed by atoms with Crippen molar-refractivity contribution in [1.82, 2.24) is 10.3 Å². The molecule has 0 aliphatic rings. The maximum Gasteiger partial charge on any atom is 0.252 e. The minimum absolute atomic E-state index is 0.131. The van der Waals surface area contributed by atoms with Crippen LogP contribution >= 0.6 is 22.9 Å². The van der Waals surface area contributed by atoms with E-state index in [1.165, 1.54) is 11.3 Å². The van der Waals surface area contributed by atoms with Gasteiger partial charge in [-0.05, 0) is 62.2 Å². The summed E-state index contributed by atoms with van der Waals surface area (Å²) in [6.07, 6.45) is 0.675. The van der Waals surface area contributed by atoms with E-state index in [9.17, 15) is 4.79 Å². The van der Waals surface area contributed by atoms with Gasteiger partial charge in [0.25, 0.3) is 5.91 Å². The van der Waals surface area contributed by atoms with E-state index in [0.717, 1.165) is 38.5 Å². The van der Waals surface area contributed by atoms with Gasteiger partial charge in [0.05, 0.1) is 39.2 Å². The molecule has 0 bridgehead atoms. The molecule has 2 heterocycles. The molecule has 1 N–H and O–H groups in total. The normalized spacial score (nSPS) is 10.9. The fraction of sp³-hybridized carbons (Fsp3) is 0.231. The van der Waals surface area contributed by atoms with Crippen LogP contribution in [0, 0.1) is 0 Å². The molecule has 0 saturated heterocycles. The van der Waals surface area contributed by atoms with Crippen LogP contribution in [-0.2, 0) is 6.42 Å². The Morgan fingerprint density at radius 1 is 1.00 bits per heavy atom. The summed E-state index contributed by atoms with van der Waals surface area (Å²) in [7, 11) is 0. The number of pyridine rings is 1. The van der Waals surface area contributed by atoms with Crippen LogP contribution in [0.1, 0.15) is 29.8 Å². The van der Waals surface area contributed by atoms with Crippen molar-refractivity contribution in [3.63, 3.8) is 0 Å². The molecular formula is C26H25ClN2O3S. The number of hydrogen-bond donors (Lipinski definition) is 1. The number of carbonyl (C=O) groups excluding carboxylic acids is 1. The predicted octanol–water partition coefficient (Wildman–Crippen LogP) is 6.39. The van der Waals surface area contributed by atoms with E-state index in [0.29, 0.717) is 36.1 Å². The second-order valence-corrected chi connectivity index (χ2v) is 9.04.